The molecule has 16 nitrogen and oxygen atoms in total. The number of oxazole rings is 1. The molecule has 6 rings (SSSR count). The molecule has 0 spiro atoms. The summed E-state index contributed by atoms with van der Waals surface area (Å²) in [6.45, 7) is 1.19. The summed E-state index contributed by atoms with van der Waals surface area (Å²) in [6.07, 6.45) is 4.99. The van der Waals surface area contributed by atoms with Gasteiger partial charge in [0.15, 0.2) is 11.1 Å². The number of hydrogen-bond acceptors (Lipinski definition) is 9. The first-order chi connectivity index (χ1) is 25.4. The van der Waals surface area contributed by atoms with Gasteiger partial charge in [0.1, 0.15) is 23.2 Å². The van der Waals surface area contributed by atoms with E-state index in [1.54, 1.807) is 30.3 Å². The molecule has 0 saturated heterocycles. The van der Waals surface area contributed by atoms with E-state index in [4.69, 9.17) is 4.42 Å². The Bertz CT molecular complexity index is 2240. The highest BCUT2D eigenvalue weighted by Crippen LogP contribution is 2.25. The van der Waals surface area contributed by atoms with E-state index < -0.39 is 11.8 Å². The molecule has 2 aromatic carbocycles. The minimum Gasteiger partial charge on any atom is -0.444 e. The van der Waals surface area contributed by atoms with Crippen LogP contribution < -0.4 is 26.7 Å². The number of amides is 4. The molecule has 16 heteroatoms. The third kappa shape index (κ3) is 8.73. The summed E-state index contributed by atoms with van der Waals surface area (Å²) in [7, 11) is 0. The zero-order valence-electron chi connectivity index (χ0n) is 27.7. The maximum atomic E-state index is 12.7. The number of nitrogens with one attached hydrogen (secondary N) is 7. The highest BCUT2D eigenvalue weighted by atomic mass is 16.3. The second kappa shape index (κ2) is 16.5. The number of carbonyl (C=O) groups excluding carboxylic acids is 4. The van der Waals surface area contributed by atoms with Crippen LogP contribution in [-0.2, 0) is 0 Å². The maximum Gasteiger partial charge on any atom is 0.273 e. The Balaban J connectivity index is 0.929. The van der Waals surface area contributed by atoms with E-state index in [0.717, 1.165) is 5.56 Å². The lowest BCUT2D eigenvalue weighted by molar-refractivity contribution is 0.0931. The van der Waals surface area contributed by atoms with Crippen LogP contribution >= 0.6 is 0 Å². The molecule has 4 heterocycles. The van der Waals surface area contributed by atoms with Gasteiger partial charge >= 0.3 is 0 Å². The average Bonchev–Trinajstić information content (AvgIpc) is 3.97. The topological polar surface area (TPSA) is 233 Å². The third-order valence-electron chi connectivity index (χ3n) is 7.77. The third-order valence-corrected chi connectivity index (χ3v) is 7.77. The Hall–Kier alpha value is -7.10. The van der Waals surface area contributed by atoms with Crippen molar-refractivity contribution in [1.82, 2.24) is 51.6 Å². The molecule has 0 fully saturated rings. The molecule has 0 radical (unpaired) electrons. The van der Waals surface area contributed by atoms with Gasteiger partial charge in [-0.2, -0.15) is 10.2 Å². The van der Waals surface area contributed by atoms with Crippen molar-refractivity contribution in [3.63, 3.8) is 0 Å². The van der Waals surface area contributed by atoms with Crippen molar-refractivity contribution in [2.45, 2.75) is 12.8 Å². The second-order valence-electron chi connectivity index (χ2n) is 11.5. The van der Waals surface area contributed by atoms with Crippen LogP contribution in [-0.4, -0.2) is 80.2 Å². The number of carbonyl (C=O) groups is 4. The number of benzene rings is 2. The first-order valence-electron chi connectivity index (χ1n) is 16.4. The Morgan fingerprint density at radius 1 is 0.635 bits per heavy atom. The number of aromatic nitrogens is 6. The normalized spacial score (nSPS) is 10.8. The van der Waals surface area contributed by atoms with Crippen LogP contribution in [0.4, 0.5) is 0 Å². The molecular weight excluding hydrogens is 668 g/mol. The van der Waals surface area contributed by atoms with Gasteiger partial charge in [0, 0.05) is 61.3 Å². The lowest BCUT2D eigenvalue weighted by Gasteiger charge is -2.05. The number of aromatic amines is 3. The van der Waals surface area contributed by atoms with Crippen LogP contribution in [0.1, 0.15) is 54.7 Å². The molecule has 0 unspecified atom stereocenters. The fraction of sp³-hybridized carbons (Fsp3) is 0.167. The van der Waals surface area contributed by atoms with Crippen LogP contribution in [0, 0.1) is 0 Å². The Morgan fingerprint density at radius 2 is 1.21 bits per heavy atom. The van der Waals surface area contributed by atoms with Gasteiger partial charge in [0.25, 0.3) is 23.6 Å². The summed E-state index contributed by atoms with van der Waals surface area (Å²) in [5.74, 6) is -1.35. The molecule has 6 aromatic rings. The Morgan fingerprint density at radius 3 is 1.87 bits per heavy atom. The fourth-order valence-corrected chi connectivity index (χ4v) is 5.06. The summed E-state index contributed by atoms with van der Waals surface area (Å²) >= 11 is 0. The van der Waals surface area contributed by atoms with Gasteiger partial charge in [-0.3, -0.25) is 34.2 Å². The van der Waals surface area contributed by atoms with Gasteiger partial charge in [-0.1, -0.05) is 42.5 Å². The fourth-order valence-electron chi connectivity index (χ4n) is 5.06. The van der Waals surface area contributed by atoms with Crippen molar-refractivity contribution in [1.29, 1.82) is 0 Å². The lowest BCUT2D eigenvalue weighted by atomic mass is 10.1. The highest BCUT2D eigenvalue weighted by Gasteiger charge is 2.16. The lowest BCUT2D eigenvalue weighted by Crippen LogP contribution is -2.32. The summed E-state index contributed by atoms with van der Waals surface area (Å²) in [5, 5.41) is 24.9. The second-order valence-corrected chi connectivity index (χ2v) is 11.5. The van der Waals surface area contributed by atoms with Crippen LogP contribution in [0.25, 0.3) is 34.0 Å². The summed E-state index contributed by atoms with van der Waals surface area (Å²) in [5.41, 5.74) is 3.69. The highest BCUT2D eigenvalue weighted by molar-refractivity contribution is 5.95. The van der Waals surface area contributed by atoms with Gasteiger partial charge < -0.3 is 30.7 Å². The van der Waals surface area contributed by atoms with Crippen molar-refractivity contribution < 1.29 is 23.6 Å². The molecule has 4 aromatic heterocycles. The summed E-state index contributed by atoms with van der Waals surface area (Å²) < 4.78 is 5.58. The van der Waals surface area contributed by atoms with Crippen LogP contribution in [0.15, 0.2) is 101 Å². The summed E-state index contributed by atoms with van der Waals surface area (Å²) in [4.78, 5) is 68.7. The average molecular weight is 703 g/mol. The molecule has 0 aliphatic rings. The maximum absolute atomic E-state index is 12.7. The molecule has 0 saturated carbocycles. The molecule has 0 aliphatic heterocycles. The molecular formula is C36H34N10O6. The van der Waals surface area contributed by atoms with E-state index >= 15 is 0 Å². The first-order valence-corrected chi connectivity index (χ1v) is 16.4. The zero-order valence-corrected chi connectivity index (χ0v) is 27.7. The van der Waals surface area contributed by atoms with Gasteiger partial charge in [-0.05, 0) is 37.1 Å². The van der Waals surface area contributed by atoms with Crippen LogP contribution in [0.3, 0.4) is 0 Å². The smallest absolute Gasteiger partial charge is 0.273 e. The van der Waals surface area contributed by atoms with Gasteiger partial charge in [-0.25, -0.2) is 4.98 Å². The zero-order chi connectivity index (χ0) is 36.3. The number of hydrogen-bond donors (Lipinski definition) is 7. The molecule has 52 heavy (non-hydrogen) atoms. The number of H-pyrrole nitrogens is 3. The number of nitrogens with zero attached hydrogens (tertiary/aromatic N) is 3. The Kier molecular flexibility index (Phi) is 11.1. The van der Waals surface area contributed by atoms with Crippen molar-refractivity contribution in [3.8, 4) is 34.0 Å². The van der Waals surface area contributed by atoms with Crippen molar-refractivity contribution in [2.75, 3.05) is 26.2 Å². The molecule has 4 amide bonds. The number of pyridine rings is 1. The van der Waals surface area contributed by atoms with E-state index in [9.17, 15) is 24.0 Å². The van der Waals surface area contributed by atoms with E-state index in [-0.39, 0.29) is 53.2 Å². The van der Waals surface area contributed by atoms with Crippen LogP contribution in [0.5, 0.6) is 0 Å². The standard InChI is InChI=1S/C36H34N10O6/c47-31-11-16-37-20-25(31)32(48)38-12-5-13-39-34(50)29-19-27(44-46-29)23-9-4-10-24(17-23)36-42-30(21-52-36)35(51)41-15-6-14-40-33(49)28-18-26(43-45-28)22-7-2-1-3-8-22/h1-4,7-11,16-21H,5-6,12-15H2,(H,37,47)(H,38,48)(H,39,50)(H,40,49)(H,41,51)(H,43,45)(H,44,46). The van der Waals surface area contributed by atoms with E-state index in [1.165, 1.54) is 24.7 Å². The van der Waals surface area contributed by atoms with Crippen molar-refractivity contribution in [3.05, 3.63) is 124 Å². The molecule has 0 atom stereocenters. The number of rotatable bonds is 15. The largest absolute Gasteiger partial charge is 0.444 e. The van der Waals surface area contributed by atoms with Crippen molar-refractivity contribution >= 4 is 23.6 Å². The molecule has 7 N–H and O–H groups in total. The molecule has 0 aliphatic carbocycles. The quantitative estimate of drug-likeness (QED) is 0.0779. The predicted molar refractivity (Wildman–Crippen MR) is 189 cm³/mol. The molecule has 0 bridgehead atoms. The first kappa shape index (κ1) is 34.8. The minimum atomic E-state index is -0.489. The molecule has 264 valence electrons. The van der Waals surface area contributed by atoms with Crippen LogP contribution in [0.2, 0.25) is 0 Å². The predicted octanol–water partition coefficient (Wildman–Crippen LogP) is 2.91. The van der Waals surface area contributed by atoms with Gasteiger partial charge in [-0.15, -0.1) is 0 Å². The monoisotopic (exact) mass is 702 g/mol. The minimum absolute atomic E-state index is 0.0191. The summed E-state index contributed by atoms with van der Waals surface area (Å²) in [6, 6.07) is 21.2. The van der Waals surface area contributed by atoms with Crippen molar-refractivity contribution in [2.24, 2.45) is 0 Å². The Labute approximate surface area is 295 Å². The van der Waals surface area contributed by atoms with E-state index in [0.29, 0.717) is 54.1 Å². The van der Waals surface area contributed by atoms with E-state index in [2.05, 4.69) is 51.6 Å². The van der Waals surface area contributed by atoms with Gasteiger partial charge in [0.2, 0.25) is 5.89 Å². The van der Waals surface area contributed by atoms with Gasteiger partial charge in [0.05, 0.1) is 11.4 Å². The SMILES string of the molecule is O=C(NCCCNC(=O)c1cc(-c2ccccc2)n[nH]1)c1coc(-c2cccc(-c3cc(C(=O)NCCCNC(=O)c4c[nH]ccc4=O)[nH]n3)c2)n1. The van der Waals surface area contributed by atoms with E-state index in [1.807, 2.05) is 36.4 Å².